The number of hydrogen-bond acceptors (Lipinski definition) is 1. The van der Waals surface area contributed by atoms with Crippen LogP contribution in [0.2, 0.25) is 16.6 Å². The predicted octanol–water partition coefficient (Wildman–Crippen LogP) is 4.07. The summed E-state index contributed by atoms with van der Waals surface area (Å²) in [5.41, 5.74) is 4.34. The normalized spacial score (nSPS) is 15.2. The molecule has 110 valence electrons. The van der Waals surface area contributed by atoms with Gasteiger partial charge >= 0.3 is 0 Å². The first-order valence-electron chi connectivity index (χ1n) is 7.74. The zero-order valence-corrected chi connectivity index (χ0v) is 14.6. The van der Waals surface area contributed by atoms with E-state index in [9.17, 15) is 4.79 Å². The lowest BCUT2D eigenvalue weighted by Gasteiger charge is -2.44. The molecule has 3 heteroatoms. The minimum Gasteiger partial charge on any atom is -0.326 e. The second kappa shape index (κ2) is 5.36. The molecule has 1 heterocycles. The highest BCUT2D eigenvalue weighted by Gasteiger charge is 2.46. The van der Waals surface area contributed by atoms with E-state index in [-0.39, 0.29) is 5.91 Å². The van der Waals surface area contributed by atoms with Gasteiger partial charge in [0.05, 0.1) is 14.5 Å². The second-order valence-electron chi connectivity index (χ2n) is 6.95. The molecule has 1 aromatic rings. The molecule has 0 saturated heterocycles. The van der Waals surface area contributed by atoms with Gasteiger partial charge in [0.25, 0.3) is 0 Å². The molecular formula is C17H27NOSi. The summed E-state index contributed by atoms with van der Waals surface area (Å²) in [4.78, 5) is 11.8. The molecule has 20 heavy (non-hydrogen) atoms. The maximum atomic E-state index is 11.8. The summed E-state index contributed by atoms with van der Waals surface area (Å²) in [6, 6.07) is 6.46. The van der Waals surface area contributed by atoms with Crippen molar-refractivity contribution in [1.82, 2.24) is 0 Å². The van der Waals surface area contributed by atoms with Crippen molar-refractivity contribution in [2.45, 2.75) is 64.6 Å². The van der Waals surface area contributed by atoms with Crippen LogP contribution in [0.1, 0.15) is 47.1 Å². The fraction of sp³-hybridized carbons (Fsp3) is 0.588. The number of rotatable bonds is 4. The standard InChI is InChI=1S/C17H27NOSi/c1-11(2)20(12(3)4,13(5)6)16-9-7-8-15-14(16)10-17(19)18-15/h7-9,11-13H,10H2,1-6H3,(H,18,19). The first kappa shape index (κ1) is 15.3. The van der Waals surface area contributed by atoms with Crippen LogP contribution in [0.15, 0.2) is 18.2 Å². The molecule has 0 atom stereocenters. The topological polar surface area (TPSA) is 29.1 Å². The van der Waals surface area contributed by atoms with Gasteiger partial charge in [0.15, 0.2) is 0 Å². The Bertz CT molecular complexity index is 498. The third-order valence-electron chi connectivity index (χ3n) is 5.12. The molecule has 1 N–H and O–H groups in total. The summed E-state index contributed by atoms with van der Waals surface area (Å²) < 4.78 is 0. The number of amides is 1. The van der Waals surface area contributed by atoms with E-state index in [1.165, 1.54) is 10.8 Å². The van der Waals surface area contributed by atoms with Crippen molar-refractivity contribution in [3.63, 3.8) is 0 Å². The van der Waals surface area contributed by atoms with Crippen molar-refractivity contribution in [3.8, 4) is 0 Å². The molecule has 0 aliphatic carbocycles. The van der Waals surface area contributed by atoms with Crippen LogP contribution in [0.3, 0.4) is 0 Å². The molecule has 1 amide bonds. The Morgan fingerprint density at radius 3 is 2.05 bits per heavy atom. The van der Waals surface area contributed by atoms with Crippen LogP contribution in [0.4, 0.5) is 5.69 Å². The van der Waals surface area contributed by atoms with Crippen LogP contribution in [-0.4, -0.2) is 14.0 Å². The number of carbonyl (C=O) groups excluding carboxylic acids is 1. The van der Waals surface area contributed by atoms with Crippen molar-refractivity contribution < 1.29 is 4.79 Å². The molecule has 1 aromatic carbocycles. The number of benzene rings is 1. The van der Waals surface area contributed by atoms with Crippen molar-refractivity contribution in [2.24, 2.45) is 0 Å². The van der Waals surface area contributed by atoms with E-state index in [0.717, 1.165) is 5.69 Å². The number of anilines is 1. The summed E-state index contributed by atoms with van der Waals surface area (Å²) >= 11 is 0. The zero-order valence-electron chi connectivity index (χ0n) is 13.6. The smallest absolute Gasteiger partial charge is 0.228 e. The van der Waals surface area contributed by atoms with Gasteiger partial charge in [-0.05, 0) is 28.3 Å². The lowest BCUT2D eigenvalue weighted by Crippen LogP contribution is -2.56. The molecule has 1 aliphatic heterocycles. The van der Waals surface area contributed by atoms with Crippen LogP contribution in [-0.2, 0) is 11.2 Å². The van der Waals surface area contributed by atoms with E-state index in [1.54, 1.807) is 0 Å². The molecule has 0 bridgehead atoms. The molecule has 1 aliphatic rings. The lowest BCUT2D eigenvalue weighted by atomic mass is 10.2. The third-order valence-corrected chi connectivity index (χ3v) is 12.3. The van der Waals surface area contributed by atoms with Gasteiger partial charge < -0.3 is 5.32 Å². The van der Waals surface area contributed by atoms with Crippen LogP contribution in [0.25, 0.3) is 0 Å². The monoisotopic (exact) mass is 289 g/mol. The van der Waals surface area contributed by atoms with E-state index in [1.807, 2.05) is 6.07 Å². The Labute approximate surface area is 124 Å². The molecule has 0 radical (unpaired) electrons. The van der Waals surface area contributed by atoms with Crippen molar-refractivity contribution in [2.75, 3.05) is 5.32 Å². The minimum absolute atomic E-state index is 0.145. The molecule has 0 saturated carbocycles. The van der Waals surface area contributed by atoms with E-state index in [2.05, 4.69) is 59.0 Å². The highest BCUT2D eigenvalue weighted by Crippen LogP contribution is 2.42. The fourth-order valence-corrected chi connectivity index (χ4v) is 11.6. The highest BCUT2D eigenvalue weighted by atomic mass is 28.3. The first-order chi connectivity index (χ1) is 9.31. The Morgan fingerprint density at radius 1 is 1.00 bits per heavy atom. The van der Waals surface area contributed by atoms with Crippen LogP contribution >= 0.6 is 0 Å². The SMILES string of the molecule is CC(C)[Si](c1cccc2c1CC(=O)N2)(C(C)C)C(C)C. The Morgan fingerprint density at radius 2 is 1.55 bits per heavy atom. The highest BCUT2D eigenvalue weighted by molar-refractivity contribution is 6.95. The van der Waals surface area contributed by atoms with E-state index in [0.29, 0.717) is 23.0 Å². The van der Waals surface area contributed by atoms with Crippen LogP contribution < -0.4 is 10.5 Å². The van der Waals surface area contributed by atoms with Crippen molar-refractivity contribution in [3.05, 3.63) is 23.8 Å². The van der Waals surface area contributed by atoms with Gasteiger partial charge in [0.2, 0.25) is 5.91 Å². The van der Waals surface area contributed by atoms with Crippen LogP contribution in [0.5, 0.6) is 0 Å². The lowest BCUT2D eigenvalue weighted by molar-refractivity contribution is -0.115. The zero-order chi connectivity index (χ0) is 15.1. The molecular weight excluding hydrogens is 262 g/mol. The van der Waals surface area contributed by atoms with Gasteiger partial charge in [-0.25, -0.2) is 0 Å². The summed E-state index contributed by atoms with van der Waals surface area (Å²) in [5, 5.41) is 4.52. The summed E-state index contributed by atoms with van der Waals surface area (Å²) in [7, 11) is -1.68. The Balaban J connectivity index is 2.68. The quantitative estimate of drug-likeness (QED) is 0.832. The number of hydrogen-bond donors (Lipinski definition) is 1. The second-order valence-corrected chi connectivity index (χ2v) is 12.8. The largest absolute Gasteiger partial charge is 0.326 e. The van der Waals surface area contributed by atoms with Gasteiger partial charge in [-0.3, -0.25) is 4.79 Å². The third kappa shape index (κ3) is 2.12. The molecule has 0 spiro atoms. The van der Waals surface area contributed by atoms with Crippen LogP contribution in [0, 0.1) is 0 Å². The van der Waals surface area contributed by atoms with E-state index >= 15 is 0 Å². The maximum absolute atomic E-state index is 11.8. The van der Waals surface area contributed by atoms with Crippen molar-refractivity contribution in [1.29, 1.82) is 0 Å². The van der Waals surface area contributed by atoms with Gasteiger partial charge in [-0.15, -0.1) is 0 Å². The average molecular weight is 289 g/mol. The fourth-order valence-electron chi connectivity index (χ4n) is 4.59. The molecule has 0 fully saturated rings. The Kier molecular flexibility index (Phi) is 4.10. The molecule has 2 nitrogen and oxygen atoms in total. The Hall–Kier alpha value is -1.09. The summed E-state index contributed by atoms with van der Waals surface area (Å²) in [6.45, 7) is 14.2. The molecule has 2 rings (SSSR count). The van der Waals surface area contributed by atoms with E-state index < -0.39 is 8.07 Å². The van der Waals surface area contributed by atoms with E-state index in [4.69, 9.17) is 0 Å². The van der Waals surface area contributed by atoms with Gasteiger partial charge in [-0.2, -0.15) is 0 Å². The number of fused-ring (bicyclic) bond motifs is 1. The number of nitrogens with one attached hydrogen (secondary N) is 1. The van der Waals surface area contributed by atoms with Gasteiger partial charge in [0, 0.05) is 5.69 Å². The maximum Gasteiger partial charge on any atom is 0.228 e. The van der Waals surface area contributed by atoms with Gasteiger partial charge in [-0.1, -0.05) is 58.9 Å². The average Bonchev–Trinajstić information content (AvgIpc) is 2.69. The summed E-state index contributed by atoms with van der Waals surface area (Å²) in [6.07, 6.45) is 0.562. The number of carbonyl (C=O) groups is 1. The first-order valence-corrected chi connectivity index (χ1v) is 9.97. The molecule has 0 unspecified atom stereocenters. The predicted molar refractivity (Wildman–Crippen MR) is 89.5 cm³/mol. The van der Waals surface area contributed by atoms with Gasteiger partial charge in [0.1, 0.15) is 0 Å². The molecule has 0 aromatic heterocycles. The minimum atomic E-state index is -1.68. The summed E-state index contributed by atoms with van der Waals surface area (Å²) in [5.74, 6) is 0.145. The van der Waals surface area contributed by atoms with Crippen molar-refractivity contribution >= 4 is 24.9 Å².